The highest BCUT2D eigenvalue weighted by Crippen LogP contribution is 2.26. The smallest absolute Gasteiger partial charge is 0.271 e. The summed E-state index contributed by atoms with van der Waals surface area (Å²) in [4.78, 5) is 20.1. The fraction of sp³-hybridized carbons (Fsp3) is 0.615. The molecule has 5 heteroatoms. The Morgan fingerprint density at radius 1 is 1.39 bits per heavy atom. The zero-order chi connectivity index (χ0) is 13.0. The second kappa shape index (κ2) is 5.80. The summed E-state index contributed by atoms with van der Waals surface area (Å²) in [6.45, 7) is 5.14. The molecule has 0 saturated heterocycles. The summed E-state index contributed by atoms with van der Waals surface area (Å²) in [5, 5.41) is 6.09. The van der Waals surface area contributed by atoms with Crippen LogP contribution in [0.2, 0.25) is 0 Å². The standard InChI is InChI=1S/C13H20N4O/c1-3-4-14-12-8-15-11(7-16-12)13(18)17-10-5-9(2)6-10/h7-10H,3-6H2,1-2H3,(H,14,16)(H,17,18). The van der Waals surface area contributed by atoms with Gasteiger partial charge in [-0.1, -0.05) is 13.8 Å². The topological polar surface area (TPSA) is 66.9 Å². The average Bonchev–Trinajstić information content (AvgIpc) is 2.35. The van der Waals surface area contributed by atoms with Gasteiger partial charge < -0.3 is 10.6 Å². The zero-order valence-corrected chi connectivity index (χ0v) is 10.9. The summed E-state index contributed by atoms with van der Waals surface area (Å²) >= 11 is 0. The molecule has 5 nitrogen and oxygen atoms in total. The van der Waals surface area contributed by atoms with E-state index in [2.05, 4.69) is 34.4 Å². The second-order valence-electron chi connectivity index (χ2n) is 4.96. The van der Waals surface area contributed by atoms with Gasteiger partial charge in [0.15, 0.2) is 0 Å². The monoisotopic (exact) mass is 248 g/mol. The van der Waals surface area contributed by atoms with Crippen molar-refractivity contribution in [2.24, 2.45) is 5.92 Å². The Morgan fingerprint density at radius 2 is 2.17 bits per heavy atom. The third-order valence-electron chi connectivity index (χ3n) is 3.15. The van der Waals surface area contributed by atoms with E-state index in [9.17, 15) is 4.79 Å². The maximum atomic E-state index is 11.8. The molecule has 0 aromatic carbocycles. The van der Waals surface area contributed by atoms with Gasteiger partial charge in [-0.15, -0.1) is 0 Å². The average molecular weight is 248 g/mol. The number of hydrogen-bond acceptors (Lipinski definition) is 4. The molecule has 1 aromatic heterocycles. The summed E-state index contributed by atoms with van der Waals surface area (Å²) < 4.78 is 0. The number of amides is 1. The number of carbonyl (C=O) groups is 1. The van der Waals surface area contributed by atoms with Crippen LogP contribution in [0.15, 0.2) is 12.4 Å². The van der Waals surface area contributed by atoms with Crippen LogP contribution in [0.5, 0.6) is 0 Å². The van der Waals surface area contributed by atoms with Gasteiger partial charge in [-0.05, 0) is 25.2 Å². The van der Waals surface area contributed by atoms with Crippen molar-refractivity contribution in [3.8, 4) is 0 Å². The molecular formula is C13H20N4O. The van der Waals surface area contributed by atoms with Gasteiger partial charge in [0.2, 0.25) is 0 Å². The van der Waals surface area contributed by atoms with Crippen LogP contribution in [0.3, 0.4) is 0 Å². The second-order valence-corrected chi connectivity index (χ2v) is 4.96. The van der Waals surface area contributed by atoms with E-state index in [1.165, 1.54) is 6.20 Å². The molecule has 0 spiro atoms. The van der Waals surface area contributed by atoms with Crippen LogP contribution >= 0.6 is 0 Å². The van der Waals surface area contributed by atoms with Crippen molar-refractivity contribution in [2.75, 3.05) is 11.9 Å². The molecule has 2 N–H and O–H groups in total. The fourth-order valence-corrected chi connectivity index (χ4v) is 2.07. The molecule has 1 aliphatic rings. The van der Waals surface area contributed by atoms with E-state index in [-0.39, 0.29) is 5.91 Å². The lowest BCUT2D eigenvalue weighted by Crippen LogP contribution is -2.43. The number of rotatable bonds is 5. The summed E-state index contributed by atoms with van der Waals surface area (Å²) in [5.74, 6) is 1.31. The molecule has 1 amide bonds. The summed E-state index contributed by atoms with van der Waals surface area (Å²) in [7, 11) is 0. The summed E-state index contributed by atoms with van der Waals surface area (Å²) in [5.41, 5.74) is 0.386. The zero-order valence-electron chi connectivity index (χ0n) is 10.9. The molecule has 1 saturated carbocycles. The number of aromatic nitrogens is 2. The van der Waals surface area contributed by atoms with Crippen LogP contribution in [-0.2, 0) is 0 Å². The molecule has 1 heterocycles. The first-order valence-corrected chi connectivity index (χ1v) is 6.55. The van der Waals surface area contributed by atoms with Crippen molar-refractivity contribution in [3.05, 3.63) is 18.1 Å². The maximum absolute atomic E-state index is 11.8. The number of nitrogens with zero attached hydrogens (tertiary/aromatic N) is 2. The van der Waals surface area contributed by atoms with Gasteiger partial charge in [-0.25, -0.2) is 9.97 Å². The molecule has 0 radical (unpaired) electrons. The number of carbonyl (C=O) groups excluding carboxylic acids is 1. The molecule has 0 atom stereocenters. The van der Waals surface area contributed by atoms with Crippen molar-refractivity contribution < 1.29 is 4.79 Å². The Hall–Kier alpha value is -1.65. The van der Waals surface area contributed by atoms with E-state index in [1.54, 1.807) is 6.20 Å². The van der Waals surface area contributed by atoms with Crippen LogP contribution in [0, 0.1) is 5.92 Å². The molecular weight excluding hydrogens is 228 g/mol. The minimum atomic E-state index is -0.124. The molecule has 1 aromatic rings. The normalized spacial score (nSPS) is 22.1. The van der Waals surface area contributed by atoms with Gasteiger partial charge >= 0.3 is 0 Å². The van der Waals surface area contributed by atoms with Crippen molar-refractivity contribution in [1.82, 2.24) is 15.3 Å². The van der Waals surface area contributed by atoms with E-state index in [0.717, 1.165) is 31.7 Å². The van der Waals surface area contributed by atoms with Gasteiger partial charge in [0.25, 0.3) is 5.91 Å². The largest absolute Gasteiger partial charge is 0.369 e. The van der Waals surface area contributed by atoms with E-state index in [0.29, 0.717) is 17.6 Å². The predicted octanol–water partition coefficient (Wildman–Crippen LogP) is 1.83. The first-order chi connectivity index (χ1) is 8.69. The SMILES string of the molecule is CCCNc1cnc(C(=O)NC2CC(C)C2)cn1. The third-order valence-corrected chi connectivity index (χ3v) is 3.15. The summed E-state index contributed by atoms with van der Waals surface area (Å²) in [6.07, 6.45) is 6.29. The quantitative estimate of drug-likeness (QED) is 0.834. The van der Waals surface area contributed by atoms with Crippen molar-refractivity contribution in [3.63, 3.8) is 0 Å². The van der Waals surface area contributed by atoms with E-state index >= 15 is 0 Å². The Labute approximate surface area is 107 Å². The summed E-state index contributed by atoms with van der Waals surface area (Å²) in [6, 6.07) is 0.312. The Kier molecular flexibility index (Phi) is 4.12. The first-order valence-electron chi connectivity index (χ1n) is 6.55. The highest BCUT2D eigenvalue weighted by atomic mass is 16.1. The molecule has 1 aliphatic carbocycles. The number of hydrogen-bond donors (Lipinski definition) is 2. The molecule has 18 heavy (non-hydrogen) atoms. The van der Waals surface area contributed by atoms with Gasteiger partial charge in [-0.2, -0.15) is 0 Å². The molecule has 0 unspecified atom stereocenters. The van der Waals surface area contributed by atoms with Crippen LogP contribution in [0.1, 0.15) is 43.6 Å². The lowest BCUT2D eigenvalue weighted by molar-refractivity contribution is 0.0890. The van der Waals surface area contributed by atoms with Crippen LogP contribution < -0.4 is 10.6 Å². The lowest BCUT2D eigenvalue weighted by atomic mass is 9.82. The van der Waals surface area contributed by atoms with Gasteiger partial charge in [0.1, 0.15) is 11.5 Å². The van der Waals surface area contributed by atoms with Gasteiger partial charge in [0.05, 0.1) is 12.4 Å². The van der Waals surface area contributed by atoms with Crippen LogP contribution in [0.4, 0.5) is 5.82 Å². The molecule has 1 fully saturated rings. The molecule has 0 aliphatic heterocycles. The van der Waals surface area contributed by atoms with E-state index in [4.69, 9.17) is 0 Å². The van der Waals surface area contributed by atoms with E-state index < -0.39 is 0 Å². The molecule has 2 rings (SSSR count). The fourth-order valence-electron chi connectivity index (χ4n) is 2.07. The minimum absolute atomic E-state index is 0.124. The highest BCUT2D eigenvalue weighted by Gasteiger charge is 2.27. The number of nitrogens with one attached hydrogen (secondary N) is 2. The minimum Gasteiger partial charge on any atom is -0.369 e. The van der Waals surface area contributed by atoms with Crippen molar-refractivity contribution in [2.45, 2.75) is 39.2 Å². The number of anilines is 1. The van der Waals surface area contributed by atoms with Crippen molar-refractivity contribution >= 4 is 11.7 Å². The maximum Gasteiger partial charge on any atom is 0.271 e. The van der Waals surface area contributed by atoms with Gasteiger partial charge in [-0.3, -0.25) is 4.79 Å². The lowest BCUT2D eigenvalue weighted by Gasteiger charge is -2.33. The van der Waals surface area contributed by atoms with Crippen LogP contribution in [-0.4, -0.2) is 28.5 Å². The predicted molar refractivity (Wildman–Crippen MR) is 70.5 cm³/mol. The Bertz CT molecular complexity index is 398. The van der Waals surface area contributed by atoms with Crippen molar-refractivity contribution in [1.29, 1.82) is 0 Å². The Balaban J connectivity index is 1.86. The third kappa shape index (κ3) is 3.18. The highest BCUT2D eigenvalue weighted by molar-refractivity contribution is 5.92. The van der Waals surface area contributed by atoms with Crippen LogP contribution in [0.25, 0.3) is 0 Å². The first kappa shape index (κ1) is 12.8. The van der Waals surface area contributed by atoms with E-state index in [1.807, 2.05) is 0 Å². The van der Waals surface area contributed by atoms with Gasteiger partial charge in [0, 0.05) is 12.6 Å². The molecule has 98 valence electrons. The molecule has 0 bridgehead atoms. The Morgan fingerprint density at radius 3 is 2.72 bits per heavy atom.